The second-order valence-corrected chi connectivity index (χ2v) is 5.63. The van der Waals surface area contributed by atoms with Crippen LogP contribution in [0.25, 0.3) is 0 Å². The van der Waals surface area contributed by atoms with E-state index < -0.39 is 25.4 Å². The molecule has 0 aromatic heterocycles. The summed E-state index contributed by atoms with van der Waals surface area (Å²) in [5.74, 6) is -3.39. The highest BCUT2D eigenvalue weighted by Gasteiger charge is 2.38. The zero-order valence-corrected chi connectivity index (χ0v) is 11.6. The monoisotopic (exact) mass is 310 g/mol. The third-order valence-corrected chi connectivity index (χ3v) is 3.50. The zero-order chi connectivity index (χ0) is 15.9. The number of hydroxylamine groups is 2. The summed E-state index contributed by atoms with van der Waals surface area (Å²) >= 11 is 0. The molecule has 116 valence electrons. The Morgan fingerprint density at radius 1 is 1.45 bits per heavy atom. The number of aliphatic carboxylic acids is 1. The average Bonchev–Trinajstić information content (AvgIpc) is 2.26. The largest absolute Gasteiger partial charge is 0.480 e. The van der Waals surface area contributed by atoms with Crippen LogP contribution in [-0.2, 0) is 9.36 Å². The number of aliphatic imine (C=N–C) groups is 1. The normalized spacial score (nSPS) is 14.6. The maximum atomic E-state index is 11.1. The number of carbonyl (C=O) groups is 1. The first-order valence-corrected chi connectivity index (χ1v) is 7.22. The van der Waals surface area contributed by atoms with Crippen LogP contribution in [0.5, 0.6) is 0 Å². The van der Waals surface area contributed by atoms with Gasteiger partial charge in [0.1, 0.15) is 6.04 Å². The van der Waals surface area contributed by atoms with Crippen LogP contribution in [-0.4, -0.2) is 55.5 Å². The maximum Gasteiger partial charge on any atom is 0.348 e. The summed E-state index contributed by atoms with van der Waals surface area (Å²) in [7, 11) is -4.75. The van der Waals surface area contributed by atoms with Crippen molar-refractivity contribution in [1.82, 2.24) is 5.06 Å². The number of hydrogen-bond acceptors (Lipinski definition) is 5. The molecule has 0 bridgehead atoms. The van der Waals surface area contributed by atoms with E-state index in [1.54, 1.807) is 0 Å². The average molecular weight is 310 g/mol. The van der Waals surface area contributed by atoms with Gasteiger partial charge >= 0.3 is 13.6 Å². The molecule has 0 fully saturated rings. The number of nitrogens with two attached hydrogens (primary N) is 2. The highest BCUT2D eigenvalue weighted by atomic mass is 31.2. The van der Waals surface area contributed by atoms with Gasteiger partial charge in [-0.05, 0) is 12.8 Å². The highest BCUT2D eigenvalue weighted by Crippen LogP contribution is 2.43. The first-order valence-electron chi connectivity index (χ1n) is 5.54. The number of hydrogen-bond donors (Lipinski definition) is 6. The van der Waals surface area contributed by atoms with Crippen LogP contribution in [0.4, 0.5) is 0 Å². The fourth-order valence-corrected chi connectivity index (χ4v) is 2.19. The Labute approximate surface area is 115 Å². The van der Waals surface area contributed by atoms with Gasteiger partial charge in [0.05, 0.1) is 0 Å². The molecule has 10 nitrogen and oxygen atoms in total. The Kier molecular flexibility index (Phi) is 7.40. The van der Waals surface area contributed by atoms with Gasteiger partial charge in [-0.3, -0.25) is 14.4 Å². The maximum absolute atomic E-state index is 11.1. The molecule has 0 spiro atoms. The van der Waals surface area contributed by atoms with Crippen LogP contribution in [0.3, 0.4) is 0 Å². The van der Waals surface area contributed by atoms with Gasteiger partial charge in [0.25, 0.3) is 0 Å². The van der Waals surface area contributed by atoms with Crippen LogP contribution < -0.4 is 11.5 Å². The molecule has 0 rings (SSSR count). The van der Waals surface area contributed by atoms with Gasteiger partial charge in [0.2, 0.25) is 0 Å². The molecule has 8 N–H and O–H groups in total. The molecule has 2 unspecified atom stereocenters. The number of guanidine groups is 1. The van der Waals surface area contributed by atoms with Gasteiger partial charge in [-0.15, -0.1) is 6.58 Å². The van der Waals surface area contributed by atoms with Crippen LogP contribution in [0.1, 0.15) is 12.8 Å². The van der Waals surface area contributed by atoms with Gasteiger partial charge in [-0.25, -0.2) is 0 Å². The lowest BCUT2D eigenvalue weighted by molar-refractivity contribution is -0.172. The summed E-state index contributed by atoms with van der Waals surface area (Å²) < 4.78 is 11.1. The van der Waals surface area contributed by atoms with E-state index in [0.717, 1.165) is 6.08 Å². The number of nitrogens with zero attached hydrogens (tertiary/aromatic N) is 2. The summed E-state index contributed by atoms with van der Waals surface area (Å²) in [6.07, 6.45) is 0.886. The molecule has 0 saturated carbocycles. The number of carboxylic acids is 1. The van der Waals surface area contributed by atoms with Crippen molar-refractivity contribution in [3.8, 4) is 0 Å². The van der Waals surface area contributed by atoms with Crippen molar-refractivity contribution in [3.63, 3.8) is 0 Å². The van der Waals surface area contributed by atoms with Gasteiger partial charge in [0.15, 0.2) is 11.7 Å². The van der Waals surface area contributed by atoms with Gasteiger partial charge < -0.3 is 31.6 Å². The Hall–Kier alpha value is -1.45. The Balaban J connectivity index is 4.82. The van der Waals surface area contributed by atoms with E-state index in [9.17, 15) is 14.6 Å². The molecule has 0 aromatic carbocycles. The molecule has 2 atom stereocenters. The Morgan fingerprint density at radius 2 is 2.00 bits per heavy atom. The van der Waals surface area contributed by atoms with Crippen molar-refractivity contribution in [1.29, 1.82) is 0 Å². The second-order valence-electron chi connectivity index (χ2n) is 3.92. The van der Waals surface area contributed by atoms with E-state index >= 15 is 0 Å². The van der Waals surface area contributed by atoms with Crippen molar-refractivity contribution in [2.45, 2.75) is 24.7 Å². The van der Waals surface area contributed by atoms with Crippen molar-refractivity contribution >= 4 is 19.5 Å². The molecule has 20 heavy (non-hydrogen) atoms. The lowest BCUT2D eigenvalue weighted by Crippen LogP contribution is -2.44. The van der Waals surface area contributed by atoms with E-state index in [1.165, 1.54) is 0 Å². The Bertz CT molecular complexity index is 419. The Morgan fingerprint density at radius 3 is 2.35 bits per heavy atom. The minimum absolute atomic E-state index is 0.0889. The predicted molar refractivity (Wildman–Crippen MR) is 71.0 cm³/mol. The molecule has 0 radical (unpaired) electrons. The quantitative estimate of drug-likeness (QED) is 0.0766. The predicted octanol–water partition coefficient (Wildman–Crippen LogP) is -1.13. The first-order chi connectivity index (χ1) is 9.11. The highest BCUT2D eigenvalue weighted by molar-refractivity contribution is 7.52. The summed E-state index contributed by atoms with van der Waals surface area (Å²) in [6.45, 7) is 3.30. The van der Waals surface area contributed by atoms with Crippen molar-refractivity contribution < 1.29 is 29.5 Å². The fourth-order valence-electron chi connectivity index (χ4n) is 1.45. The fraction of sp³-hybridized carbons (Fsp3) is 0.556. The van der Waals surface area contributed by atoms with E-state index in [1.807, 2.05) is 0 Å². The first kappa shape index (κ1) is 18.6. The minimum Gasteiger partial charge on any atom is -0.480 e. The molecule has 0 aliphatic heterocycles. The van der Waals surface area contributed by atoms with Crippen molar-refractivity contribution in [2.75, 3.05) is 6.54 Å². The number of rotatable bonds is 9. The van der Waals surface area contributed by atoms with Crippen molar-refractivity contribution in [2.24, 2.45) is 16.5 Å². The third kappa shape index (κ3) is 6.13. The van der Waals surface area contributed by atoms with Gasteiger partial charge in [-0.1, -0.05) is 6.08 Å². The summed E-state index contributed by atoms with van der Waals surface area (Å²) in [4.78, 5) is 32.7. The summed E-state index contributed by atoms with van der Waals surface area (Å²) in [6, 6.07) is -1.51. The zero-order valence-electron chi connectivity index (χ0n) is 10.7. The van der Waals surface area contributed by atoms with Crippen LogP contribution in [0.15, 0.2) is 17.6 Å². The third-order valence-electron chi connectivity index (χ3n) is 2.36. The van der Waals surface area contributed by atoms with Crippen LogP contribution >= 0.6 is 7.60 Å². The number of carboxylic acid groups (broad SMARTS) is 1. The molecular weight excluding hydrogens is 291 g/mol. The topological polar surface area (TPSA) is 183 Å². The molecule has 11 heteroatoms. The molecule has 0 heterocycles. The summed E-state index contributed by atoms with van der Waals surface area (Å²) in [5, 5.41) is 18.8. The SMILES string of the molecule is C=CC(N(O)C(CCCN=C(N)N)C(=O)O)P(=O)(O)O. The second kappa shape index (κ2) is 7.98. The molecule has 0 amide bonds. The van der Waals surface area contributed by atoms with E-state index in [4.69, 9.17) is 26.4 Å². The molecule has 0 aliphatic carbocycles. The van der Waals surface area contributed by atoms with E-state index in [-0.39, 0.29) is 30.4 Å². The smallest absolute Gasteiger partial charge is 0.348 e. The lowest BCUT2D eigenvalue weighted by Gasteiger charge is -2.28. The summed E-state index contributed by atoms with van der Waals surface area (Å²) in [5.41, 5.74) is 10.2. The standard InChI is InChI=1S/C9H19N4O6P/c1-2-7(20(17,18)19)13(16)6(8(14)15)4-3-5-12-9(10)11/h2,6-7,16H,1,3-5H2,(H,14,15)(H4,10,11,12)(H2,17,18,19). The van der Waals surface area contributed by atoms with Gasteiger partial charge in [0, 0.05) is 6.54 Å². The molecule has 0 saturated heterocycles. The van der Waals surface area contributed by atoms with E-state index in [2.05, 4.69) is 11.6 Å². The van der Waals surface area contributed by atoms with Gasteiger partial charge in [-0.2, -0.15) is 5.06 Å². The lowest BCUT2D eigenvalue weighted by atomic mass is 10.1. The molecule has 0 aromatic rings. The molecule has 0 aliphatic rings. The molecular formula is C9H19N4O6P. The minimum atomic E-state index is -4.75. The van der Waals surface area contributed by atoms with E-state index in [0.29, 0.717) is 0 Å². The van der Waals surface area contributed by atoms with Crippen molar-refractivity contribution in [3.05, 3.63) is 12.7 Å². The van der Waals surface area contributed by atoms with Crippen LogP contribution in [0.2, 0.25) is 0 Å². The van der Waals surface area contributed by atoms with Crippen LogP contribution in [0, 0.1) is 0 Å².